The van der Waals surface area contributed by atoms with E-state index in [0.29, 0.717) is 24.6 Å². The molecule has 0 aliphatic rings. The molecule has 4 heteroatoms. The molecule has 1 aromatic carbocycles. The molecule has 1 unspecified atom stereocenters. The van der Waals surface area contributed by atoms with Gasteiger partial charge in [-0.1, -0.05) is 26.8 Å². The number of hydrogen-bond donors (Lipinski definition) is 2. The van der Waals surface area contributed by atoms with Crippen molar-refractivity contribution in [2.45, 2.75) is 40.2 Å². The number of benzene rings is 1. The summed E-state index contributed by atoms with van der Waals surface area (Å²) >= 11 is 0. The fourth-order valence-corrected chi connectivity index (χ4v) is 2.46. The minimum Gasteiger partial charge on any atom is -0.508 e. The van der Waals surface area contributed by atoms with Gasteiger partial charge < -0.3 is 15.3 Å². The molecule has 21 heavy (non-hydrogen) atoms. The minimum absolute atomic E-state index is 0.127. The van der Waals surface area contributed by atoms with Gasteiger partial charge in [-0.3, -0.25) is 0 Å². The van der Waals surface area contributed by atoms with Gasteiger partial charge in [-0.2, -0.15) is 5.26 Å². The van der Waals surface area contributed by atoms with Crippen LogP contribution in [0.2, 0.25) is 0 Å². The normalized spacial score (nSPS) is 12.2. The monoisotopic (exact) mass is 289 g/mol. The van der Waals surface area contributed by atoms with Crippen LogP contribution in [0.3, 0.4) is 0 Å². The lowest BCUT2D eigenvalue weighted by molar-refractivity contribution is 0.454. The van der Waals surface area contributed by atoms with Crippen molar-refractivity contribution >= 4 is 5.69 Å². The van der Waals surface area contributed by atoms with Crippen LogP contribution in [-0.2, 0) is 0 Å². The number of aromatic hydroxyl groups is 1. The summed E-state index contributed by atoms with van der Waals surface area (Å²) in [5.41, 5.74) is 1.88. The third-order valence-corrected chi connectivity index (χ3v) is 3.44. The van der Waals surface area contributed by atoms with Crippen LogP contribution in [0.1, 0.15) is 45.7 Å². The Bertz CT molecular complexity index is 479. The molecule has 1 rings (SSSR count). The molecule has 0 saturated carbocycles. The van der Waals surface area contributed by atoms with Gasteiger partial charge in [-0.25, -0.2) is 0 Å². The third-order valence-electron chi connectivity index (χ3n) is 3.44. The van der Waals surface area contributed by atoms with E-state index in [1.165, 1.54) is 0 Å². The number of nitrogens with one attached hydrogen (secondary N) is 1. The topological polar surface area (TPSA) is 59.3 Å². The summed E-state index contributed by atoms with van der Waals surface area (Å²) in [6.07, 6.45) is 0.489. The molecule has 0 saturated heterocycles. The van der Waals surface area contributed by atoms with Gasteiger partial charge >= 0.3 is 0 Å². The molecule has 0 spiro atoms. The van der Waals surface area contributed by atoms with Crippen LogP contribution < -0.4 is 10.2 Å². The molecule has 0 aliphatic heterocycles. The second kappa shape index (κ2) is 8.53. The number of nitrogens with zero attached hydrogens (tertiary/aromatic N) is 2. The van der Waals surface area contributed by atoms with Gasteiger partial charge in [0.1, 0.15) is 5.75 Å². The molecular formula is C17H27N3O. The van der Waals surface area contributed by atoms with Gasteiger partial charge in [0.25, 0.3) is 0 Å². The highest BCUT2D eigenvalue weighted by Gasteiger charge is 2.13. The fourth-order valence-electron chi connectivity index (χ4n) is 2.46. The highest BCUT2D eigenvalue weighted by molar-refractivity contribution is 5.54. The first-order valence-corrected chi connectivity index (χ1v) is 7.67. The molecule has 0 bridgehead atoms. The standard InChI is InChI=1S/C17H27N3O/c1-5-19-14(4)16-8-7-15(11-17(16)21)20(10-6-9-18)12-13(2)3/h7-8,11,13-14,19,21H,5-6,10,12H2,1-4H3. The molecule has 116 valence electrons. The fraction of sp³-hybridized carbons (Fsp3) is 0.588. The molecule has 1 aromatic rings. The minimum atomic E-state index is 0.127. The third kappa shape index (κ3) is 5.28. The highest BCUT2D eigenvalue weighted by Crippen LogP contribution is 2.29. The van der Waals surface area contributed by atoms with Crippen LogP contribution in [0.25, 0.3) is 0 Å². The van der Waals surface area contributed by atoms with Crippen LogP contribution in [-0.4, -0.2) is 24.7 Å². The van der Waals surface area contributed by atoms with Gasteiger partial charge in [0, 0.05) is 36.4 Å². The predicted octanol–water partition coefficient (Wildman–Crippen LogP) is 3.44. The number of rotatable bonds is 8. The van der Waals surface area contributed by atoms with Crippen molar-refractivity contribution in [1.29, 1.82) is 5.26 Å². The van der Waals surface area contributed by atoms with E-state index in [4.69, 9.17) is 5.26 Å². The summed E-state index contributed by atoms with van der Waals surface area (Å²) in [6, 6.07) is 8.12. The Balaban J connectivity index is 2.94. The lowest BCUT2D eigenvalue weighted by Gasteiger charge is -2.27. The average Bonchev–Trinajstić information content (AvgIpc) is 2.43. The second-order valence-electron chi connectivity index (χ2n) is 5.77. The molecule has 0 heterocycles. The highest BCUT2D eigenvalue weighted by atomic mass is 16.3. The summed E-state index contributed by atoms with van der Waals surface area (Å²) in [5.74, 6) is 0.817. The van der Waals surface area contributed by atoms with Crippen molar-refractivity contribution in [2.75, 3.05) is 24.5 Å². The molecule has 2 N–H and O–H groups in total. The summed E-state index contributed by atoms with van der Waals surface area (Å²) in [7, 11) is 0. The van der Waals surface area contributed by atoms with Crippen LogP contribution in [0.15, 0.2) is 18.2 Å². The van der Waals surface area contributed by atoms with Gasteiger partial charge in [-0.05, 0) is 25.5 Å². The van der Waals surface area contributed by atoms with Crippen molar-refractivity contribution in [1.82, 2.24) is 5.32 Å². The quantitative estimate of drug-likeness (QED) is 0.769. The van der Waals surface area contributed by atoms with E-state index in [9.17, 15) is 5.11 Å². The molecule has 0 fully saturated rings. The van der Waals surface area contributed by atoms with Crippen LogP contribution >= 0.6 is 0 Å². The number of phenols is 1. The second-order valence-corrected chi connectivity index (χ2v) is 5.77. The Hall–Kier alpha value is -1.73. The van der Waals surface area contributed by atoms with E-state index in [-0.39, 0.29) is 6.04 Å². The average molecular weight is 289 g/mol. The predicted molar refractivity (Wildman–Crippen MR) is 87.5 cm³/mol. The van der Waals surface area contributed by atoms with Crippen LogP contribution in [0.5, 0.6) is 5.75 Å². The largest absolute Gasteiger partial charge is 0.508 e. The maximum absolute atomic E-state index is 10.3. The Kier molecular flexibility index (Phi) is 7.04. The van der Waals surface area contributed by atoms with E-state index < -0.39 is 0 Å². The SMILES string of the molecule is CCNC(C)c1ccc(N(CCC#N)CC(C)C)cc1O. The zero-order chi connectivity index (χ0) is 15.8. The van der Waals surface area contributed by atoms with E-state index in [2.05, 4.69) is 30.1 Å². The molecule has 0 aliphatic carbocycles. The first-order valence-electron chi connectivity index (χ1n) is 7.67. The summed E-state index contributed by atoms with van der Waals surface area (Å²) in [4.78, 5) is 2.16. The van der Waals surface area contributed by atoms with E-state index in [1.54, 1.807) is 0 Å². The molecule has 0 radical (unpaired) electrons. The van der Waals surface area contributed by atoms with E-state index in [0.717, 1.165) is 24.3 Å². The van der Waals surface area contributed by atoms with Crippen LogP contribution in [0.4, 0.5) is 5.69 Å². The molecule has 1 atom stereocenters. The first-order chi connectivity index (χ1) is 9.99. The van der Waals surface area contributed by atoms with Gasteiger partial charge in [0.2, 0.25) is 0 Å². The van der Waals surface area contributed by atoms with Crippen molar-refractivity contribution < 1.29 is 5.11 Å². The molecular weight excluding hydrogens is 262 g/mol. The maximum atomic E-state index is 10.3. The van der Waals surface area contributed by atoms with Crippen molar-refractivity contribution in [3.8, 4) is 11.8 Å². The number of phenolic OH excluding ortho intramolecular Hbond substituents is 1. The Morgan fingerprint density at radius 3 is 2.57 bits per heavy atom. The summed E-state index contributed by atoms with van der Waals surface area (Å²) in [5, 5.41) is 22.4. The Labute approximate surface area is 128 Å². The summed E-state index contributed by atoms with van der Waals surface area (Å²) in [6.45, 7) is 10.8. The van der Waals surface area contributed by atoms with Crippen molar-refractivity contribution in [2.24, 2.45) is 5.92 Å². The number of anilines is 1. The van der Waals surface area contributed by atoms with Crippen LogP contribution in [0, 0.1) is 17.2 Å². The Morgan fingerprint density at radius 2 is 2.05 bits per heavy atom. The lowest BCUT2D eigenvalue weighted by atomic mass is 10.1. The zero-order valence-electron chi connectivity index (χ0n) is 13.6. The maximum Gasteiger partial charge on any atom is 0.122 e. The van der Waals surface area contributed by atoms with Crippen molar-refractivity contribution in [3.05, 3.63) is 23.8 Å². The van der Waals surface area contributed by atoms with Gasteiger partial charge in [-0.15, -0.1) is 0 Å². The smallest absolute Gasteiger partial charge is 0.122 e. The van der Waals surface area contributed by atoms with E-state index in [1.807, 2.05) is 32.0 Å². The summed E-state index contributed by atoms with van der Waals surface area (Å²) < 4.78 is 0. The Morgan fingerprint density at radius 1 is 1.33 bits per heavy atom. The zero-order valence-corrected chi connectivity index (χ0v) is 13.6. The lowest BCUT2D eigenvalue weighted by Crippen LogP contribution is -2.28. The van der Waals surface area contributed by atoms with E-state index >= 15 is 0 Å². The molecule has 0 aromatic heterocycles. The molecule has 0 amide bonds. The van der Waals surface area contributed by atoms with Crippen molar-refractivity contribution in [3.63, 3.8) is 0 Å². The van der Waals surface area contributed by atoms with Gasteiger partial charge in [0.05, 0.1) is 12.5 Å². The first kappa shape index (κ1) is 17.3. The van der Waals surface area contributed by atoms with Gasteiger partial charge in [0.15, 0.2) is 0 Å². The number of hydrogen-bond acceptors (Lipinski definition) is 4. The molecule has 4 nitrogen and oxygen atoms in total. The number of nitriles is 1.